The van der Waals surface area contributed by atoms with E-state index in [-0.39, 0.29) is 0 Å². The Morgan fingerprint density at radius 1 is 1.02 bits per heavy atom. The van der Waals surface area contributed by atoms with E-state index in [0.717, 1.165) is 19.5 Å². The molecule has 21 heteroatoms. The molecule has 4 atom stereocenters. The highest BCUT2D eigenvalue weighted by Gasteiger charge is 2.51. The summed E-state index contributed by atoms with van der Waals surface area (Å²) in [7, 11) is 0.582. The van der Waals surface area contributed by atoms with Gasteiger partial charge in [-0.1, -0.05) is 59.1 Å². The Morgan fingerprint density at radius 3 is 2.05 bits per heavy atom. The van der Waals surface area contributed by atoms with E-state index in [4.69, 9.17) is 19.2 Å². The summed E-state index contributed by atoms with van der Waals surface area (Å²) in [4.78, 5) is 24.8. The number of aryl methyl sites for hydroxylation is 2. The van der Waals surface area contributed by atoms with Crippen LogP contribution in [-0.2, 0) is 14.3 Å². The molecule has 1 aliphatic heterocycles. The molecule has 0 bridgehead atoms. The van der Waals surface area contributed by atoms with Crippen LogP contribution in [0.4, 0.5) is 22.4 Å². The van der Waals surface area contributed by atoms with Gasteiger partial charge in [0.05, 0.1) is 17.8 Å². The van der Waals surface area contributed by atoms with Crippen molar-refractivity contribution in [3.05, 3.63) is 73.6 Å². The number of carbonyl (C=O) groups is 2. The Hall–Kier alpha value is -3.76. The minimum absolute atomic E-state index is 0.298. The number of nitrogens with one attached hydrogen (secondary N) is 1. The van der Waals surface area contributed by atoms with Gasteiger partial charge in [0.25, 0.3) is 5.91 Å². The number of ether oxygens (including phenoxy) is 2. The molecule has 1 aliphatic rings. The van der Waals surface area contributed by atoms with Crippen molar-refractivity contribution >= 4 is 58.3 Å². The summed E-state index contributed by atoms with van der Waals surface area (Å²) in [6.45, 7) is 10.5. The number of aliphatic hydroxyl groups excluding tert-OH is 1. The number of benzene rings is 2. The zero-order valence-corrected chi connectivity index (χ0v) is 34.1. The Kier molecular flexibility index (Phi) is 16.9. The van der Waals surface area contributed by atoms with Crippen molar-refractivity contribution in [2.75, 3.05) is 13.3 Å². The van der Waals surface area contributed by atoms with E-state index in [9.17, 15) is 32.3 Å². The van der Waals surface area contributed by atoms with Crippen LogP contribution in [0.3, 0.4) is 0 Å². The van der Waals surface area contributed by atoms with E-state index in [1.165, 1.54) is 39.7 Å². The lowest BCUT2D eigenvalue weighted by atomic mass is 10.0. The molecule has 1 fully saturated rings. The number of aromatic nitrogens is 4. The average Bonchev–Trinajstić information content (AvgIpc) is 3.81. The van der Waals surface area contributed by atoms with Gasteiger partial charge in [0.1, 0.15) is 51.9 Å². The topological polar surface area (TPSA) is 169 Å². The lowest BCUT2D eigenvalue weighted by molar-refractivity contribution is -0.133. The van der Waals surface area contributed by atoms with E-state index in [1.54, 1.807) is 76.3 Å². The largest absolute Gasteiger partial charge is 0.569 e. The number of alkyl halides is 4. The van der Waals surface area contributed by atoms with Gasteiger partial charge in [-0.05, 0) is 87.7 Å². The number of carbonyl (C=O) groups excluding carboxylic acids is 2. The summed E-state index contributed by atoms with van der Waals surface area (Å²) in [6, 6.07) is 10.8. The molecule has 0 spiro atoms. The molecule has 1 saturated heterocycles. The minimum Gasteiger partial charge on any atom is -0.537 e. The smallest absolute Gasteiger partial charge is 0.537 e. The Bertz CT molecular complexity index is 1800. The third-order valence-corrected chi connectivity index (χ3v) is 9.58. The molecule has 13 nitrogen and oxygen atoms in total. The van der Waals surface area contributed by atoms with Crippen molar-refractivity contribution in [1.82, 2.24) is 30.6 Å². The predicted octanol–water partition coefficient (Wildman–Crippen LogP) is 6.85. The lowest BCUT2D eigenvalue weighted by Crippen LogP contribution is -2.50. The molecule has 0 aliphatic carbocycles. The predicted molar refractivity (Wildman–Crippen MR) is 202 cm³/mol. The van der Waals surface area contributed by atoms with E-state index in [2.05, 4.69) is 36.3 Å². The van der Waals surface area contributed by atoms with Crippen molar-refractivity contribution in [3.8, 4) is 16.3 Å². The Balaban J connectivity index is 0.000000251. The number of rotatable bonds is 10. The first-order chi connectivity index (χ1) is 25.8. The number of amides is 2. The highest BCUT2D eigenvalue weighted by Crippen LogP contribution is 2.42. The van der Waals surface area contributed by atoms with Crippen LogP contribution >= 0.6 is 38.6 Å². The molecular weight excluding hydrogens is 835 g/mol. The second kappa shape index (κ2) is 20.4. The molecule has 3 N–H and O–H groups in total. The van der Waals surface area contributed by atoms with E-state index in [0.29, 0.717) is 29.6 Å². The van der Waals surface area contributed by atoms with E-state index >= 15 is 0 Å². The highest BCUT2D eigenvalue weighted by molar-refractivity contribution is 9.11. The van der Waals surface area contributed by atoms with Gasteiger partial charge in [0, 0.05) is 5.56 Å². The third-order valence-electron chi connectivity index (χ3n) is 7.42. The zero-order valence-electron chi connectivity index (χ0n) is 30.9. The van der Waals surface area contributed by atoms with E-state index in [1.807, 2.05) is 13.8 Å². The fourth-order valence-electron chi connectivity index (χ4n) is 5.07. The molecule has 3 heterocycles. The number of nitrogens with zero attached hydrogens (tertiary/aromatic N) is 5. The summed E-state index contributed by atoms with van der Waals surface area (Å²) in [6.07, 6.45) is -5.95. The van der Waals surface area contributed by atoms with Gasteiger partial charge in [-0.25, -0.2) is 13.6 Å². The standard InChI is InChI=1S/C17H24BFNO5.C14H14F3N3O2S.C3H3BrN2S/c1-16(2,3)24-15(21)20-13(10-19)14(23-17(20,4)5)11-6-8-12(9-7-11)25-18-22;1-7-19-20-14(23-7)9-4-2-8(3-5-9)11(21)10(6-15)18-13(22)12(16)17;1-2-5-6-3(4)7-2/h6-9,13-14,22H,10H2,1-5H3;2-5,10-12,21H,6H2,1H3,(H,18,22);1H3/t13-,14-;10-,11-;/m11./s1. The van der Waals surface area contributed by atoms with Crippen molar-refractivity contribution < 1.29 is 51.4 Å². The van der Waals surface area contributed by atoms with Crippen LogP contribution in [0.5, 0.6) is 5.75 Å². The first-order valence-electron chi connectivity index (χ1n) is 16.5. The number of hydrogen-bond donors (Lipinski definition) is 3. The van der Waals surface area contributed by atoms with Gasteiger partial charge in [0.2, 0.25) is 0 Å². The van der Waals surface area contributed by atoms with Crippen LogP contribution in [0.15, 0.2) is 52.4 Å². The van der Waals surface area contributed by atoms with Gasteiger partial charge in [0.15, 0.2) is 3.92 Å². The van der Waals surface area contributed by atoms with Gasteiger partial charge in [-0.15, -0.1) is 20.4 Å². The van der Waals surface area contributed by atoms with Gasteiger partial charge in [-0.3, -0.25) is 9.69 Å². The maximum absolute atomic E-state index is 13.8. The summed E-state index contributed by atoms with van der Waals surface area (Å²) in [5.74, 6) is -1.18. The molecule has 0 saturated carbocycles. The van der Waals surface area contributed by atoms with Crippen LogP contribution in [0.1, 0.15) is 68.0 Å². The van der Waals surface area contributed by atoms with Crippen LogP contribution in [-0.4, -0.2) is 98.3 Å². The SMILES string of the molecule is CC(C)(C)OC(=O)N1[C@H](CF)[C@@H](c2ccc(O[B]O)cc2)OC1(C)C.Cc1nnc(-c2ccc([C@@H](O)[C@@H](CF)NC(=O)C(F)F)cc2)s1.Cc1nnc(Br)s1. The molecule has 4 aromatic rings. The molecule has 2 amide bonds. The van der Waals surface area contributed by atoms with Gasteiger partial charge >= 0.3 is 20.2 Å². The van der Waals surface area contributed by atoms with Crippen LogP contribution in [0, 0.1) is 13.8 Å². The second-order valence-corrected chi connectivity index (χ2v) is 16.8. The fourth-order valence-corrected chi connectivity index (χ4v) is 6.96. The average molecular weight is 877 g/mol. The lowest BCUT2D eigenvalue weighted by Gasteiger charge is -2.34. The molecule has 55 heavy (non-hydrogen) atoms. The monoisotopic (exact) mass is 875 g/mol. The normalized spacial score (nSPS) is 17.3. The maximum Gasteiger partial charge on any atom is 0.569 e. The summed E-state index contributed by atoms with van der Waals surface area (Å²) < 4.78 is 68.3. The first-order valence-corrected chi connectivity index (χ1v) is 18.9. The molecular formula is C34H41BBrF4N6O7S2. The summed E-state index contributed by atoms with van der Waals surface area (Å²) in [5, 5.41) is 38.3. The quantitative estimate of drug-likeness (QED) is 0.113. The molecule has 299 valence electrons. The minimum atomic E-state index is -3.26. The van der Waals surface area contributed by atoms with Gasteiger partial charge < -0.3 is 29.6 Å². The molecule has 5 rings (SSSR count). The first kappa shape index (κ1) is 45.6. The molecule has 2 aromatic heterocycles. The maximum atomic E-state index is 13.8. The van der Waals surface area contributed by atoms with Crippen molar-refractivity contribution in [3.63, 3.8) is 0 Å². The van der Waals surface area contributed by atoms with Crippen molar-refractivity contribution in [1.29, 1.82) is 0 Å². The third kappa shape index (κ3) is 13.5. The Morgan fingerprint density at radius 2 is 1.62 bits per heavy atom. The zero-order chi connectivity index (χ0) is 41.1. The summed E-state index contributed by atoms with van der Waals surface area (Å²) >= 11 is 6.11. The van der Waals surface area contributed by atoms with Crippen molar-refractivity contribution in [2.45, 2.75) is 90.5 Å². The highest BCUT2D eigenvalue weighted by atomic mass is 79.9. The van der Waals surface area contributed by atoms with Crippen LogP contribution in [0.2, 0.25) is 0 Å². The number of halogens is 5. The molecule has 0 unspecified atom stereocenters. The van der Waals surface area contributed by atoms with Gasteiger partial charge in [-0.2, -0.15) is 8.78 Å². The fraction of sp³-hybridized carbons (Fsp3) is 0.471. The Labute approximate surface area is 332 Å². The summed E-state index contributed by atoms with van der Waals surface area (Å²) in [5.41, 5.74) is 0.0585. The number of aliphatic hydroxyl groups is 1. The van der Waals surface area contributed by atoms with Crippen LogP contribution in [0.25, 0.3) is 10.6 Å². The van der Waals surface area contributed by atoms with Crippen LogP contribution < -0.4 is 9.97 Å². The molecule has 2 aromatic carbocycles. The second-order valence-electron chi connectivity index (χ2n) is 13.2. The van der Waals surface area contributed by atoms with Crippen molar-refractivity contribution in [2.24, 2.45) is 0 Å². The molecule has 1 radical (unpaired) electrons. The van der Waals surface area contributed by atoms with E-state index < -0.39 is 67.4 Å². The number of hydrogen-bond acceptors (Lipinski definition) is 13.